The Morgan fingerprint density at radius 3 is 2.79 bits per heavy atom. The van der Waals surface area contributed by atoms with Gasteiger partial charge in [-0.2, -0.15) is 0 Å². The van der Waals surface area contributed by atoms with Crippen LogP contribution in [0.15, 0.2) is 24.3 Å². The molecule has 1 amide bonds. The Bertz CT molecular complexity index is 397. The van der Waals surface area contributed by atoms with Crippen molar-refractivity contribution in [3.63, 3.8) is 0 Å². The summed E-state index contributed by atoms with van der Waals surface area (Å²) in [6, 6.07) is 7.29. The number of benzene rings is 1. The van der Waals surface area contributed by atoms with Crippen molar-refractivity contribution in [2.75, 3.05) is 18.4 Å². The second-order valence-electron chi connectivity index (χ2n) is 5.15. The summed E-state index contributed by atoms with van der Waals surface area (Å²) in [5, 5.41) is 15.2. The molecule has 0 spiro atoms. The topological polar surface area (TPSA) is 61.4 Å². The number of amides is 1. The lowest BCUT2D eigenvalue weighted by atomic mass is 9.94. The molecule has 0 bridgehead atoms. The van der Waals surface area contributed by atoms with Crippen LogP contribution in [-0.2, 0) is 11.4 Å². The van der Waals surface area contributed by atoms with Crippen molar-refractivity contribution in [1.82, 2.24) is 5.32 Å². The van der Waals surface area contributed by atoms with Crippen molar-refractivity contribution in [1.29, 1.82) is 0 Å². The van der Waals surface area contributed by atoms with Gasteiger partial charge >= 0.3 is 0 Å². The normalized spacial score (nSPS) is 19.1. The average Bonchev–Trinajstić information content (AvgIpc) is 2.47. The minimum absolute atomic E-state index is 0.0307. The summed E-state index contributed by atoms with van der Waals surface area (Å²) in [7, 11) is 0. The third-order valence-corrected chi connectivity index (χ3v) is 3.60. The summed E-state index contributed by atoms with van der Waals surface area (Å²) in [5.41, 5.74) is 1.65. The van der Waals surface area contributed by atoms with Crippen molar-refractivity contribution in [2.45, 2.75) is 32.3 Å². The molecular weight excluding hydrogens is 240 g/mol. The molecule has 0 saturated carbocycles. The molecule has 1 atom stereocenters. The molecule has 1 aromatic rings. The summed E-state index contributed by atoms with van der Waals surface area (Å²) in [5.74, 6) is 0.707. The van der Waals surface area contributed by atoms with Crippen molar-refractivity contribution in [3.05, 3.63) is 29.8 Å². The molecule has 4 heteroatoms. The fourth-order valence-corrected chi connectivity index (χ4v) is 2.42. The second-order valence-corrected chi connectivity index (χ2v) is 5.15. The third-order valence-electron chi connectivity index (χ3n) is 3.60. The lowest BCUT2D eigenvalue weighted by molar-refractivity contribution is -0.116. The summed E-state index contributed by atoms with van der Waals surface area (Å²) in [6.07, 6.45) is 3.97. The Balaban J connectivity index is 1.73. The zero-order valence-electron chi connectivity index (χ0n) is 11.2. The number of hydrogen-bond donors (Lipinski definition) is 3. The minimum Gasteiger partial charge on any atom is -0.392 e. The lowest BCUT2D eigenvalue weighted by Crippen LogP contribution is -2.30. The predicted molar refractivity (Wildman–Crippen MR) is 75.8 cm³/mol. The van der Waals surface area contributed by atoms with E-state index < -0.39 is 0 Å². The van der Waals surface area contributed by atoms with Crippen LogP contribution >= 0.6 is 0 Å². The first-order valence-electron chi connectivity index (χ1n) is 6.98. The SMILES string of the molecule is O=C(CCC1CCCNC1)Nc1ccc(CO)cc1. The number of aliphatic hydroxyl groups excluding tert-OH is 1. The monoisotopic (exact) mass is 262 g/mol. The first kappa shape index (κ1) is 14.0. The van der Waals surface area contributed by atoms with Crippen LogP contribution in [0.25, 0.3) is 0 Å². The number of rotatable bonds is 5. The number of anilines is 1. The highest BCUT2D eigenvalue weighted by atomic mass is 16.3. The van der Waals surface area contributed by atoms with E-state index in [2.05, 4.69) is 10.6 Å². The molecule has 1 unspecified atom stereocenters. The van der Waals surface area contributed by atoms with Gasteiger partial charge in [-0.05, 0) is 56.0 Å². The maximum absolute atomic E-state index is 11.8. The first-order valence-corrected chi connectivity index (χ1v) is 6.98. The van der Waals surface area contributed by atoms with Crippen LogP contribution in [0, 0.1) is 5.92 Å². The zero-order valence-corrected chi connectivity index (χ0v) is 11.2. The van der Waals surface area contributed by atoms with E-state index in [0.717, 1.165) is 30.8 Å². The maximum atomic E-state index is 11.8. The maximum Gasteiger partial charge on any atom is 0.224 e. The van der Waals surface area contributed by atoms with Crippen LogP contribution in [0.1, 0.15) is 31.2 Å². The van der Waals surface area contributed by atoms with Crippen molar-refractivity contribution >= 4 is 11.6 Å². The highest BCUT2D eigenvalue weighted by Gasteiger charge is 2.14. The van der Waals surface area contributed by atoms with E-state index in [1.165, 1.54) is 12.8 Å². The molecule has 0 radical (unpaired) electrons. The number of carbonyl (C=O) groups is 1. The Morgan fingerprint density at radius 2 is 2.16 bits per heavy atom. The lowest BCUT2D eigenvalue weighted by Gasteiger charge is -2.22. The molecule has 1 aromatic carbocycles. The number of piperidine rings is 1. The molecule has 0 aromatic heterocycles. The molecule has 1 aliphatic rings. The van der Waals surface area contributed by atoms with Gasteiger partial charge in [-0.3, -0.25) is 4.79 Å². The van der Waals surface area contributed by atoms with Crippen LogP contribution in [0.3, 0.4) is 0 Å². The molecule has 2 rings (SSSR count). The molecule has 19 heavy (non-hydrogen) atoms. The van der Waals surface area contributed by atoms with E-state index in [1.54, 1.807) is 0 Å². The van der Waals surface area contributed by atoms with Gasteiger partial charge in [0, 0.05) is 12.1 Å². The van der Waals surface area contributed by atoms with Gasteiger partial charge in [-0.1, -0.05) is 12.1 Å². The average molecular weight is 262 g/mol. The van der Waals surface area contributed by atoms with Crippen LogP contribution in [-0.4, -0.2) is 24.1 Å². The first-order chi connectivity index (χ1) is 9.28. The molecule has 1 aliphatic heterocycles. The molecule has 104 valence electrons. The fourth-order valence-electron chi connectivity index (χ4n) is 2.42. The molecule has 3 N–H and O–H groups in total. The van der Waals surface area contributed by atoms with E-state index in [1.807, 2.05) is 24.3 Å². The van der Waals surface area contributed by atoms with Crippen LogP contribution in [0.5, 0.6) is 0 Å². The molecule has 1 heterocycles. The molecular formula is C15H22N2O2. The quantitative estimate of drug-likeness (QED) is 0.759. The number of carbonyl (C=O) groups excluding carboxylic acids is 1. The van der Waals surface area contributed by atoms with E-state index in [0.29, 0.717) is 12.3 Å². The number of nitrogens with one attached hydrogen (secondary N) is 2. The smallest absolute Gasteiger partial charge is 0.224 e. The largest absolute Gasteiger partial charge is 0.392 e. The van der Waals surface area contributed by atoms with E-state index in [4.69, 9.17) is 5.11 Å². The predicted octanol–water partition coefficient (Wildman–Crippen LogP) is 1.90. The van der Waals surface area contributed by atoms with Gasteiger partial charge < -0.3 is 15.7 Å². The van der Waals surface area contributed by atoms with Crippen molar-refractivity contribution < 1.29 is 9.90 Å². The molecule has 1 saturated heterocycles. The Morgan fingerprint density at radius 1 is 1.37 bits per heavy atom. The van der Waals surface area contributed by atoms with Gasteiger partial charge in [0.15, 0.2) is 0 Å². The Kier molecular flexibility index (Phi) is 5.36. The van der Waals surface area contributed by atoms with Gasteiger partial charge in [-0.15, -0.1) is 0 Å². The van der Waals surface area contributed by atoms with Gasteiger partial charge in [0.25, 0.3) is 0 Å². The van der Waals surface area contributed by atoms with Gasteiger partial charge in [0.1, 0.15) is 0 Å². The van der Waals surface area contributed by atoms with Gasteiger partial charge in [-0.25, -0.2) is 0 Å². The second kappa shape index (κ2) is 7.26. The molecule has 4 nitrogen and oxygen atoms in total. The highest BCUT2D eigenvalue weighted by Crippen LogP contribution is 2.17. The summed E-state index contributed by atoms with van der Waals surface area (Å²) >= 11 is 0. The highest BCUT2D eigenvalue weighted by molar-refractivity contribution is 5.90. The van der Waals surface area contributed by atoms with Crippen LogP contribution in [0.4, 0.5) is 5.69 Å². The molecule has 0 aliphatic carbocycles. The van der Waals surface area contributed by atoms with Crippen LogP contribution < -0.4 is 10.6 Å². The standard InChI is InChI=1S/C15H22N2O2/c18-11-13-3-6-14(7-4-13)17-15(19)8-5-12-2-1-9-16-10-12/h3-4,6-7,12,16,18H,1-2,5,8-11H2,(H,17,19). The van der Waals surface area contributed by atoms with E-state index >= 15 is 0 Å². The van der Waals surface area contributed by atoms with Gasteiger partial charge in [0.05, 0.1) is 6.61 Å². The van der Waals surface area contributed by atoms with E-state index in [-0.39, 0.29) is 12.5 Å². The third kappa shape index (κ3) is 4.65. The summed E-state index contributed by atoms with van der Waals surface area (Å²) in [6.45, 7) is 2.18. The summed E-state index contributed by atoms with van der Waals surface area (Å²) < 4.78 is 0. The van der Waals surface area contributed by atoms with Crippen LogP contribution in [0.2, 0.25) is 0 Å². The van der Waals surface area contributed by atoms with Gasteiger partial charge in [0.2, 0.25) is 5.91 Å². The minimum atomic E-state index is 0.0307. The Labute approximate surface area is 114 Å². The number of aliphatic hydroxyl groups is 1. The van der Waals surface area contributed by atoms with Crippen molar-refractivity contribution in [2.24, 2.45) is 5.92 Å². The zero-order chi connectivity index (χ0) is 13.5. The number of hydrogen-bond acceptors (Lipinski definition) is 3. The molecule has 1 fully saturated rings. The Hall–Kier alpha value is -1.39. The van der Waals surface area contributed by atoms with E-state index in [9.17, 15) is 4.79 Å². The fraction of sp³-hybridized carbons (Fsp3) is 0.533. The summed E-state index contributed by atoms with van der Waals surface area (Å²) in [4.78, 5) is 11.8. The van der Waals surface area contributed by atoms with Crippen molar-refractivity contribution in [3.8, 4) is 0 Å².